The molecule has 11 nitrogen and oxygen atoms in total. The Morgan fingerprint density at radius 1 is 0.939 bits per heavy atom. The second-order valence-corrected chi connectivity index (χ2v) is 17.5. The van der Waals surface area contributed by atoms with Crippen molar-refractivity contribution < 1.29 is 45.4 Å². The Morgan fingerprint density at radius 2 is 1.61 bits per heavy atom. The average molecular weight is 714 g/mol. The molecule has 2 aliphatic rings. The van der Waals surface area contributed by atoms with E-state index < -0.39 is 41.4 Å². The van der Waals surface area contributed by atoms with E-state index in [1.807, 2.05) is 37.3 Å². The summed E-state index contributed by atoms with van der Waals surface area (Å²) >= 11 is 0. The van der Waals surface area contributed by atoms with E-state index in [-0.39, 0.29) is 77.9 Å². The Labute approximate surface area is 288 Å². The fourth-order valence-electron chi connectivity index (χ4n) is 6.94. The van der Waals surface area contributed by atoms with E-state index in [4.69, 9.17) is 18.9 Å². The Morgan fingerprint density at radius 3 is 2.24 bits per heavy atom. The zero-order chi connectivity index (χ0) is 35.6. The molecular weight excluding hydrogens is 671 g/mol. The van der Waals surface area contributed by atoms with Gasteiger partial charge in [-0.05, 0) is 81.6 Å². The molecule has 0 amide bonds. The number of Topliss-reactive ketones (excluding diaryl/α,β-unsaturated/α-hetero) is 1. The minimum absolute atomic E-state index is 0.00467. The van der Waals surface area contributed by atoms with Crippen molar-refractivity contribution in [1.29, 1.82) is 0 Å². The van der Waals surface area contributed by atoms with Gasteiger partial charge in [0.1, 0.15) is 17.4 Å². The van der Waals surface area contributed by atoms with Crippen LogP contribution >= 0.6 is 0 Å². The first-order valence-electron chi connectivity index (χ1n) is 16.2. The van der Waals surface area contributed by atoms with Crippen molar-refractivity contribution in [3.05, 3.63) is 89.0 Å². The molecule has 49 heavy (non-hydrogen) atoms. The summed E-state index contributed by atoms with van der Waals surface area (Å²) in [4.78, 5) is 29.6. The maximum absolute atomic E-state index is 14.7. The van der Waals surface area contributed by atoms with Crippen LogP contribution in [0.15, 0.2) is 66.7 Å². The molecule has 2 heterocycles. The van der Waals surface area contributed by atoms with Gasteiger partial charge in [-0.1, -0.05) is 49.4 Å². The van der Waals surface area contributed by atoms with Gasteiger partial charge in [0.15, 0.2) is 41.0 Å². The molecule has 3 aromatic rings. The summed E-state index contributed by atoms with van der Waals surface area (Å²) in [6.45, 7) is 3.90. The first kappa shape index (κ1) is 36.3. The standard InChI is InChI=1S/C36H43NO10S2/c1-6-21-46-34(39)27-15-10-16-29-31(27)32(38)35(2,33(47-29)25-13-8-7-9-14-25)37(3)20-11-19-36(48(40,41)22-12-23-49(36,42)43)26-17-18-28(44-4)30(24-26)45-5/h7-10,13-18,24,33H,6,11-12,19-23H2,1-5H3. The van der Waals surface area contributed by atoms with Gasteiger partial charge < -0.3 is 18.9 Å². The monoisotopic (exact) mass is 713 g/mol. The van der Waals surface area contributed by atoms with Crippen molar-refractivity contribution in [3.8, 4) is 17.2 Å². The van der Waals surface area contributed by atoms with Gasteiger partial charge in [0, 0.05) is 0 Å². The highest BCUT2D eigenvalue weighted by Crippen LogP contribution is 2.48. The fourth-order valence-corrected chi connectivity index (χ4v) is 12.8. The zero-order valence-electron chi connectivity index (χ0n) is 28.4. The first-order chi connectivity index (χ1) is 23.3. The summed E-state index contributed by atoms with van der Waals surface area (Å²) in [6.07, 6.45) is -0.379. The van der Waals surface area contributed by atoms with Crippen LogP contribution in [0.3, 0.4) is 0 Å². The van der Waals surface area contributed by atoms with E-state index in [1.54, 1.807) is 31.0 Å². The minimum atomic E-state index is -4.20. The normalized spacial score (nSPS) is 22.1. The van der Waals surface area contributed by atoms with Gasteiger partial charge in [0.05, 0.1) is 43.5 Å². The van der Waals surface area contributed by atoms with Gasteiger partial charge in [0.25, 0.3) is 0 Å². The van der Waals surface area contributed by atoms with Crippen LogP contribution in [0.25, 0.3) is 0 Å². The van der Waals surface area contributed by atoms with Crippen LogP contribution in [0.5, 0.6) is 17.2 Å². The number of fused-ring (bicyclic) bond motifs is 1. The number of esters is 1. The fraction of sp³-hybridized carbons (Fsp3) is 0.444. The number of ketones is 1. The summed E-state index contributed by atoms with van der Waals surface area (Å²) in [6, 6.07) is 18.4. The topological polar surface area (TPSA) is 143 Å². The summed E-state index contributed by atoms with van der Waals surface area (Å²) in [5.74, 6) is -0.787. The number of carbonyl (C=O) groups is 2. The number of likely N-dealkylation sites (N-methyl/N-ethyl adjacent to an activating group) is 1. The van der Waals surface area contributed by atoms with Crippen molar-refractivity contribution in [3.63, 3.8) is 0 Å². The second-order valence-electron chi connectivity index (χ2n) is 12.5. The maximum atomic E-state index is 14.7. The molecule has 0 saturated carbocycles. The highest BCUT2D eigenvalue weighted by atomic mass is 32.3. The molecule has 264 valence electrons. The SMILES string of the molecule is CCCOC(=O)c1cccc2c1C(=O)C(C)(N(C)CCCC1(c3ccc(OC)c(OC)c3)S(=O)(=O)CCCS1(=O)=O)C(c1ccccc1)O2. The third kappa shape index (κ3) is 6.21. The van der Waals surface area contributed by atoms with E-state index >= 15 is 0 Å². The molecular formula is C36H43NO10S2. The molecule has 2 atom stereocenters. The largest absolute Gasteiger partial charge is 0.493 e. The van der Waals surface area contributed by atoms with Gasteiger partial charge >= 0.3 is 5.97 Å². The van der Waals surface area contributed by atoms with Crippen LogP contribution < -0.4 is 14.2 Å². The van der Waals surface area contributed by atoms with Crippen LogP contribution in [0, 0.1) is 0 Å². The van der Waals surface area contributed by atoms with Gasteiger partial charge in [-0.25, -0.2) is 21.6 Å². The molecule has 0 radical (unpaired) electrons. The highest BCUT2D eigenvalue weighted by Gasteiger charge is 2.58. The lowest BCUT2D eigenvalue weighted by atomic mass is 9.77. The van der Waals surface area contributed by atoms with Crippen molar-refractivity contribution >= 4 is 31.4 Å². The molecule has 3 aromatic carbocycles. The van der Waals surface area contributed by atoms with Crippen LogP contribution in [0.4, 0.5) is 0 Å². The Hall–Kier alpha value is -3.94. The number of sulfone groups is 2. The second kappa shape index (κ2) is 14.1. The first-order valence-corrected chi connectivity index (χ1v) is 19.5. The highest BCUT2D eigenvalue weighted by molar-refractivity contribution is 8.10. The Kier molecular flexibility index (Phi) is 10.5. The molecule has 13 heteroatoms. The van der Waals surface area contributed by atoms with Gasteiger partial charge in [-0.2, -0.15) is 0 Å². The number of carbonyl (C=O) groups excluding carboxylic acids is 2. The van der Waals surface area contributed by atoms with E-state index in [0.29, 0.717) is 17.7 Å². The van der Waals surface area contributed by atoms with Gasteiger partial charge in [-0.3, -0.25) is 9.69 Å². The third-order valence-electron chi connectivity index (χ3n) is 9.67. The molecule has 0 aromatic heterocycles. The third-order valence-corrected chi connectivity index (χ3v) is 15.7. The summed E-state index contributed by atoms with van der Waals surface area (Å²) < 4.78 is 76.2. The molecule has 0 N–H and O–H groups in total. The summed E-state index contributed by atoms with van der Waals surface area (Å²) in [7, 11) is -3.86. The predicted molar refractivity (Wildman–Crippen MR) is 185 cm³/mol. The van der Waals surface area contributed by atoms with Gasteiger partial charge in [-0.15, -0.1) is 0 Å². The molecule has 0 bridgehead atoms. The number of methoxy groups -OCH3 is 2. The van der Waals surface area contributed by atoms with Gasteiger partial charge in [0.2, 0.25) is 0 Å². The van der Waals surface area contributed by atoms with Crippen molar-refractivity contribution in [2.45, 2.75) is 55.3 Å². The van der Waals surface area contributed by atoms with Crippen molar-refractivity contribution in [1.82, 2.24) is 4.90 Å². The summed E-state index contributed by atoms with van der Waals surface area (Å²) in [5, 5.41) is 0. The lowest BCUT2D eigenvalue weighted by Crippen LogP contribution is -2.59. The van der Waals surface area contributed by atoms with Crippen molar-refractivity contribution in [2.75, 3.05) is 45.9 Å². The number of rotatable bonds is 12. The quantitative estimate of drug-likeness (QED) is 0.230. The van der Waals surface area contributed by atoms with E-state index in [1.165, 1.54) is 38.5 Å². The molecule has 2 aliphatic heterocycles. The van der Waals surface area contributed by atoms with Crippen LogP contribution in [-0.2, 0) is 28.5 Å². The molecule has 0 spiro atoms. The minimum Gasteiger partial charge on any atom is -0.493 e. The maximum Gasteiger partial charge on any atom is 0.339 e. The molecule has 1 fully saturated rings. The molecule has 2 unspecified atom stereocenters. The van der Waals surface area contributed by atoms with Crippen LogP contribution in [-0.4, -0.2) is 85.0 Å². The van der Waals surface area contributed by atoms with Crippen LogP contribution in [0.1, 0.15) is 77.5 Å². The van der Waals surface area contributed by atoms with E-state index in [2.05, 4.69) is 0 Å². The predicted octanol–water partition coefficient (Wildman–Crippen LogP) is 5.14. The molecule has 5 rings (SSSR count). The lowest BCUT2D eigenvalue weighted by Gasteiger charge is -2.47. The summed E-state index contributed by atoms with van der Waals surface area (Å²) in [5.41, 5.74) is -0.398. The number of benzene rings is 3. The number of ether oxygens (including phenoxy) is 4. The van der Waals surface area contributed by atoms with Crippen LogP contribution in [0.2, 0.25) is 0 Å². The lowest BCUT2D eigenvalue weighted by molar-refractivity contribution is 0.00142. The molecule has 1 saturated heterocycles. The van der Waals surface area contributed by atoms with E-state index in [0.717, 1.165) is 0 Å². The Balaban J connectivity index is 1.55. The van der Waals surface area contributed by atoms with E-state index in [9.17, 15) is 26.4 Å². The number of nitrogens with zero attached hydrogens (tertiary/aromatic N) is 1. The number of hydrogen-bond donors (Lipinski definition) is 0. The average Bonchev–Trinajstić information content (AvgIpc) is 3.09. The molecule has 0 aliphatic carbocycles. The zero-order valence-corrected chi connectivity index (χ0v) is 30.1. The Bertz CT molecular complexity index is 1890. The van der Waals surface area contributed by atoms with Crippen molar-refractivity contribution in [2.24, 2.45) is 0 Å². The smallest absolute Gasteiger partial charge is 0.339 e. The number of hydrogen-bond acceptors (Lipinski definition) is 11.